The lowest BCUT2D eigenvalue weighted by atomic mass is 10.1. The quantitative estimate of drug-likeness (QED) is 0.739. The minimum Gasteiger partial charge on any atom is -0.494 e. The van der Waals surface area contributed by atoms with Crippen LogP contribution >= 0.6 is 0 Å². The van der Waals surface area contributed by atoms with Crippen LogP contribution in [0.4, 0.5) is 0 Å². The number of nitrogens with one attached hydrogen (secondary N) is 1. The predicted molar refractivity (Wildman–Crippen MR) is 100 cm³/mol. The Kier molecular flexibility index (Phi) is 6.77. The van der Waals surface area contributed by atoms with Crippen LogP contribution in [0.5, 0.6) is 5.75 Å². The van der Waals surface area contributed by atoms with Crippen LogP contribution in [0.3, 0.4) is 0 Å². The first-order valence-electron chi connectivity index (χ1n) is 9.22. The van der Waals surface area contributed by atoms with Gasteiger partial charge in [-0.1, -0.05) is 18.6 Å². The number of carbonyl (C=O) groups is 1. The molecule has 0 amide bonds. The van der Waals surface area contributed by atoms with Crippen molar-refractivity contribution in [2.24, 2.45) is 4.99 Å². The number of carbonyl (C=O) groups excluding carboxylic acids is 1. The molecule has 1 aromatic carbocycles. The maximum absolute atomic E-state index is 11.6. The molecule has 25 heavy (non-hydrogen) atoms. The highest BCUT2D eigenvalue weighted by Gasteiger charge is 2.14. The molecule has 1 atom stereocenters. The smallest absolute Gasteiger partial charge is 0.179 e. The van der Waals surface area contributed by atoms with E-state index in [9.17, 15) is 4.79 Å². The standard InChI is InChI=1S/C20H27N3O2/c24-20-8-10-21-15-19(20)22-9-5-13-25-18-7-4-6-17(14-18)16-23-11-2-1-3-12-23/h4,6-8,10,14-15,19,22H,1-3,5,9,11-13,16H2. The zero-order valence-electron chi connectivity index (χ0n) is 14.7. The number of hydrogen-bond donors (Lipinski definition) is 1. The normalized spacial score (nSPS) is 20.8. The van der Waals surface area contributed by atoms with Gasteiger partial charge in [-0.2, -0.15) is 0 Å². The molecule has 134 valence electrons. The van der Waals surface area contributed by atoms with Crippen LogP contribution in [0.25, 0.3) is 0 Å². The van der Waals surface area contributed by atoms with E-state index in [1.165, 1.54) is 50.2 Å². The summed E-state index contributed by atoms with van der Waals surface area (Å²) in [6, 6.07) is 8.10. The van der Waals surface area contributed by atoms with Gasteiger partial charge < -0.3 is 10.1 Å². The molecule has 5 heteroatoms. The van der Waals surface area contributed by atoms with Crippen molar-refractivity contribution in [1.82, 2.24) is 10.2 Å². The van der Waals surface area contributed by atoms with Gasteiger partial charge in [-0.15, -0.1) is 0 Å². The molecular weight excluding hydrogens is 314 g/mol. The van der Waals surface area contributed by atoms with E-state index in [0.29, 0.717) is 6.61 Å². The van der Waals surface area contributed by atoms with E-state index in [-0.39, 0.29) is 11.8 Å². The Morgan fingerprint density at radius 2 is 2.12 bits per heavy atom. The summed E-state index contributed by atoms with van der Waals surface area (Å²) in [6.45, 7) is 4.78. The minimum absolute atomic E-state index is 0.0568. The Hall–Kier alpha value is -1.98. The van der Waals surface area contributed by atoms with E-state index in [2.05, 4.69) is 33.4 Å². The van der Waals surface area contributed by atoms with Crippen LogP contribution < -0.4 is 10.1 Å². The number of nitrogens with zero attached hydrogens (tertiary/aromatic N) is 2. The Morgan fingerprint density at radius 3 is 2.96 bits per heavy atom. The Bertz CT molecular complexity index is 621. The molecule has 0 bridgehead atoms. The van der Waals surface area contributed by atoms with E-state index in [4.69, 9.17) is 4.74 Å². The first-order chi connectivity index (χ1) is 12.3. The van der Waals surface area contributed by atoms with Crippen LogP contribution in [0.15, 0.2) is 41.5 Å². The van der Waals surface area contributed by atoms with Crippen LogP contribution in [0.2, 0.25) is 0 Å². The maximum Gasteiger partial charge on any atom is 0.179 e. The van der Waals surface area contributed by atoms with Gasteiger partial charge >= 0.3 is 0 Å². The first-order valence-corrected chi connectivity index (χ1v) is 9.22. The molecule has 2 aliphatic heterocycles. The van der Waals surface area contributed by atoms with Crippen LogP contribution in [0, 0.1) is 0 Å². The fourth-order valence-corrected chi connectivity index (χ4v) is 3.21. The lowest BCUT2D eigenvalue weighted by Gasteiger charge is -2.26. The first kappa shape index (κ1) is 17.8. The summed E-state index contributed by atoms with van der Waals surface area (Å²) in [5.74, 6) is 0.981. The van der Waals surface area contributed by atoms with Gasteiger partial charge in [-0.05, 0) is 56.6 Å². The molecule has 0 spiro atoms. The van der Waals surface area contributed by atoms with Crippen LogP contribution in [-0.4, -0.2) is 49.2 Å². The predicted octanol–water partition coefficient (Wildman–Crippen LogP) is 2.57. The molecule has 3 rings (SSSR count). The molecule has 0 aliphatic carbocycles. The van der Waals surface area contributed by atoms with Gasteiger partial charge in [0.1, 0.15) is 11.8 Å². The van der Waals surface area contributed by atoms with E-state index in [1.807, 2.05) is 6.07 Å². The van der Waals surface area contributed by atoms with Gasteiger partial charge in [0, 0.05) is 25.0 Å². The molecule has 0 saturated carbocycles. The molecule has 1 aromatic rings. The lowest BCUT2D eigenvalue weighted by Crippen LogP contribution is -2.39. The summed E-state index contributed by atoms with van der Waals surface area (Å²) in [6.07, 6.45) is 9.51. The second kappa shape index (κ2) is 9.49. The summed E-state index contributed by atoms with van der Waals surface area (Å²) in [5, 5.41) is 3.19. The summed E-state index contributed by atoms with van der Waals surface area (Å²) in [5.41, 5.74) is 1.31. The Labute approximate surface area is 149 Å². The molecule has 1 N–H and O–H groups in total. The third kappa shape index (κ3) is 5.80. The summed E-state index contributed by atoms with van der Waals surface area (Å²) >= 11 is 0. The largest absolute Gasteiger partial charge is 0.494 e. The lowest BCUT2D eigenvalue weighted by molar-refractivity contribution is -0.115. The van der Waals surface area contributed by atoms with Crippen molar-refractivity contribution in [3.63, 3.8) is 0 Å². The number of ether oxygens (including phenoxy) is 1. The van der Waals surface area contributed by atoms with Crippen molar-refractivity contribution in [2.45, 2.75) is 38.3 Å². The molecule has 1 fully saturated rings. The van der Waals surface area contributed by atoms with Gasteiger partial charge in [-0.3, -0.25) is 14.7 Å². The Balaban J connectivity index is 1.36. The molecule has 1 saturated heterocycles. The van der Waals surface area contributed by atoms with Crippen LogP contribution in [0.1, 0.15) is 31.2 Å². The second-order valence-electron chi connectivity index (χ2n) is 6.63. The maximum atomic E-state index is 11.6. The molecule has 0 radical (unpaired) electrons. The number of benzene rings is 1. The van der Waals surface area contributed by atoms with Gasteiger partial charge in [0.25, 0.3) is 0 Å². The number of rotatable bonds is 8. The van der Waals surface area contributed by atoms with Crippen molar-refractivity contribution >= 4 is 12.0 Å². The Morgan fingerprint density at radius 1 is 1.24 bits per heavy atom. The van der Waals surface area contributed by atoms with Gasteiger partial charge in [0.15, 0.2) is 5.78 Å². The minimum atomic E-state index is -0.294. The highest BCUT2D eigenvalue weighted by molar-refractivity contribution is 6.07. The van der Waals surface area contributed by atoms with Crippen molar-refractivity contribution in [1.29, 1.82) is 0 Å². The van der Waals surface area contributed by atoms with E-state index < -0.39 is 0 Å². The molecular formula is C20H27N3O2. The van der Waals surface area contributed by atoms with Crippen molar-refractivity contribution in [2.75, 3.05) is 26.2 Å². The topological polar surface area (TPSA) is 53.9 Å². The van der Waals surface area contributed by atoms with Crippen LogP contribution in [-0.2, 0) is 11.3 Å². The monoisotopic (exact) mass is 341 g/mol. The number of ketones is 1. The fourth-order valence-electron chi connectivity index (χ4n) is 3.21. The number of aliphatic imine (C=N–C) groups is 1. The van der Waals surface area contributed by atoms with E-state index in [1.54, 1.807) is 6.21 Å². The average molecular weight is 341 g/mol. The van der Waals surface area contributed by atoms with Crippen molar-refractivity contribution < 1.29 is 9.53 Å². The fraction of sp³-hybridized carbons (Fsp3) is 0.500. The second-order valence-corrected chi connectivity index (χ2v) is 6.63. The molecule has 0 aromatic heterocycles. The summed E-state index contributed by atoms with van der Waals surface area (Å²) < 4.78 is 5.86. The summed E-state index contributed by atoms with van der Waals surface area (Å²) in [7, 11) is 0. The number of piperidine rings is 1. The zero-order valence-corrected chi connectivity index (χ0v) is 14.7. The van der Waals surface area contributed by atoms with E-state index in [0.717, 1.165) is 25.3 Å². The van der Waals surface area contributed by atoms with Crippen molar-refractivity contribution in [3.05, 3.63) is 42.1 Å². The molecule has 5 nitrogen and oxygen atoms in total. The van der Waals surface area contributed by atoms with Gasteiger partial charge in [-0.25, -0.2) is 0 Å². The third-order valence-corrected chi connectivity index (χ3v) is 4.57. The van der Waals surface area contributed by atoms with Gasteiger partial charge in [0.2, 0.25) is 0 Å². The zero-order chi connectivity index (χ0) is 17.3. The highest BCUT2D eigenvalue weighted by Crippen LogP contribution is 2.17. The van der Waals surface area contributed by atoms with Gasteiger partial charge in [0.05, 0.1) is 6.61 Å². The van der Waals surface area contributed by atoms with Crippen molar-refractivity contribution in [3.8, 4) is 5.75 Å². The average Bonchev–Trinajstić information content (AvgIpc) is 2.64. The number of hydrogen-bond acceptors (Lipinski definition) is 5. The molecule has 2 aliphatic rings. The summed E-state index contributed by atoms with van der Waals surface area (Å²) in [4.78, 5) is 18.1. The third-order valence-electron chi connectivity index (χ3n) is 4.57. The molecule has 2 heterocycles. The molecule has 1 unspecified atom stereocenters. The SMILES string of the molecule is O=C1C=CN=CC1NCCCOc1cccc(CN2CCCCC2)c1. The van der Waals surface area contributed by atoms with E-state index >= 15 is 0 Å². The highest BCUT2D eigenvalue weighted by atomic mass is 16.5. The number of likely N-dealkylation sites (tertiary alicyclic amines) is 1.